The molecule has 0 aliphatic heterocycles. The number of phenols is 1. The van der Waals surface area contributed by atoms with Crippen molar-refractivity contribution in [3.63, 3.8) is 0 Å². The lowest BCUT2D eigenvalue weighted by molar-refractivity contribution is 0.0999. The van der Waals surface area contributed by atoms with Crippen LogP contribution in [0, 0.1) is 0 Å². The number of carbonyl (C=O) groups is 2. The zero-order valence-corrected chi connectivity index (χ0v) is 17.4. The van der Waals surface area contributed by atoms with Gasteiger partial charge in [0, 0.05) is 41.0 Å². The van der Waals surface area contributed by atoms with Gasteiger partial charge in [-0.2, -0.15) is 0 Å². The van der Waals surface area contributed by atoms with Gasteiger partial charge >= 0.3 is 0 Å². The van der Waals surface area contributed by atoms with Gasteiger partial charge in [0.1, 0.15) is 5.75 Å². The van der Waals surface area contributed by atoms with Crippen LogP contribution in [0.4, 0.5) is 0 Å². The number of hydrogen-bond acceptors (Lipinski definition) is 5. The number of Topliss-reactive ketones (excluding diaryl/α,β-unsaturated/α-hetero) is 1. The van der Waals surface area contributed by atoms with Crippen molar-refractivity contribution < 1.29 is 14.7 Å². The van der Waals surface area contributed by atoms with Crippen molar-refractivity contribution in [2.45, 2.75) is 12.8 Å². The van der Waals surface area contributed by atoms with E-state index in [-0.39, 0.29) is 22.9 Å². The molecule has 1 aliphatic rings. The summed E-state index contributed by atoms with van der Waals surface area (Å²) in [7, 11) is 5.84. The lowest BCUT2D eigenvalue weighted by Crippen LogP contribution is -2.18. The van der Waals surface area contributed by atoms with E-state index < -0.39 is 0 Å². The summed E-state index contributed by atoms with van der Waals surface area (Å²) in [6, 6.07) is 3.53. The highest BCUT2D eigenvalue weighted by Crippen LogP contribution is 2.38. The second-order valence-corrected chi connectivity index (χ2v) is 7.92. The fraction of sp³-hybridized carbons (Fsp3) is 0.304. The first-order valence-corrected chi connectivity index (χ1v) is 10.0. The maximum atomic E-state index is 13.2. The molecule has 0 saturated heterocycles. The predicted molar refractivity (Wildman–Crippen MR) is 117 cm³/mol. The Morgan fingerprint density at radius 2 is 1.83 bits per heavy atom. The SMILES string of the molecule is CNCCc1c[nH]c2c1C(=O)C=C(c1ccc3[nH]cc(CCN(C)C)c3c1O)C2=O. The van der Waals surface area contributed by atoms with Crippen LogP contribution in [-0.4, -0.2) is 65.8 Å². The quantitative estimate of drug-likeness (QED) is 0.483. The predicted octanol–water partition coefficient (Wildman–Crippen LogP) is 2.53. The summed E-state index contributed by atoms with van der Waals surface area (Å²) in [5, 5.41) is 14.8. The number of likely N-dealkylation sites (N-methyl/N-ethyl adjacent to an activating group) is 2. The maximum Gasteiger partial charge on any atom is 0.210 e. The number of ketones is 2. The summed E-state index contributed by atoms with van der Waals surface area (Å²) in [6.07, 6.45) is 6.38. The molecular weight excluding hydrogens is 380 g/mol. The van der Waals surface area contributed by atoms with Crippen molar-refractivity contribution in [2.75, 3.05) is 34.2 Å². The lowest BCUT2D eigenvalue weighted by Gasteiger charge is -2.15. The van der Waals surface area contributed by atoms with Gasteiger partial charge in [0.15, 0.2) is 5.78 Å². The van der Waals surface area contributed by atoms with Crippen molar-refractivity contribution in [3.05, 3.63) is 58.6 Å². The summed E-state index contributed by atoms with van der Waals surface area (Å²) in [5.41, 5.74) is 3.93. The Labute approximate surface area is 174 Å². The third-order valence-corrected chi connectivity index (χ3v) is 5.62. The van der Waals surface area contributed by atoms with Gasteiger partial charge in [-0.05, 0) is 69.9 Å². The molecule has 7 heteroatoms. The molecule has 0 saturated carbocycles. The van der Waals surface area contributed by atoms with Gasteiger partial charge in [-0.1, -0.05) is 0 Å². The molecule has 2 heterocycles. The average molecular weight is 406 g/mol. The number of hydrogen-bond donors (Lipinski definition) is 4. The van der Waals surface area contributed by atoms with E-state index in [0.29, 0.717) is 35.2 Å². The Morgan fingerprint density at radius 3 is 2.57 bits per heavy atom. The molecule has 0 amide bonds. The van der Waals surface area contributed by atoms with Gasteiger partial charge in [-0.15, -0.1) is 0 Å². The van der Waals surface area contributed by atoms with E-state index in [1.165, 1.54) is 6.08 Å². The number of aromatic nitrogens is 2. The summed E-state index contributed by atoms with van der Waals surface area (Å²) in [4.78, 5) is 34.3. The minimum absolute atomic E-state index is 0.0281. The molecule has 0 fully saturated rings. The molecule has 0 unspecified atom stereocenters. The summed E-state index contributed by atoms with van der Waals surface area (Å²) >= 11 is 0. The molecule has 3 aromatic rings. The van der Waals surface area contributed by atoms with Crippen LogP contribution < -0.4 is 5.32 Å². The van der Waals surface area contributed by atoms with Crippen LogP contribution >= 0.6 is 0 Å². The molecule has 7 nitrogen and oxygen atoms in total. The number of nitrogens with zero attached hydrogens (tertiary/aromatic N) is 1. The van der Waals surface area contributed by atoms with Crippen molar-refractivity contribution >= 4 is 28.0 Å². The van der Waals surface area contributed by atoms with Crippen LogP contribution in [0.5, 0.6) is 5.75 Å². The zero-order chi connectivity index (χ0) is 21.4. The van der Waals surface area contributed by atoms with E-state index in [2.05, 4.69) is 20.2 Å². The fourth-order valence-electron chi connectivity index (χ4n) is 4.02. The molecule has 30 heavy (non-hydrogen) atoms. The standard InChI is InChI=1S/C23H26N4O3/c1-24-8-6-13-12-26-21-20(13)18(28)10-16(23(21)30)15-4-5-17-19(22(15)29)14(11-25-17)7-9-27(2)3/h4-5,10-12,24-26,29H,6-9H2,1-3H3. The normalized spacial score (nSPS) is 13.9. The third-order valence-electron chi connectivity index (χ3n) is 5.62. The number of allylic oxidation sites excluding steroid dienone is 2. The molecule has 0 bridgehead atoms. The smallest absolute Gasteiger partial charge is 0.210 e. The number of aromatic amines is 2. The van der Waals surface area contributed by atoms with Gasteiger partial charge in [0.2, 0.25) is 5.78 Å². The Hall–Kier alpha value is -3.16. The zero-order valence-electron chi connectivity index (χ0n) is 17.4. The molecule has 156 valence electrons. The number of aromatic hydroxyl groups is 1. The topological polar surface area (TPSA) is 101 Å². The van der Waals surface area contributed by atoms with Gasteiger partial charge in [-0.25, -0.2) is 0 Å². The van der Waals surface area contributed by atoms with Gasteiger partial charge in [0.05, 0.1) is 11.3 Å². The van der Waals surface area contributed by atoms with Crippen molar-refractivity contribution in [3.8, 4) is 5.75 Å². The molecule has 1 aromatic carbocycles. The van der Waals surface area contributed by atoms with Crippen LogP contribution in [0.25, 0.3) is 16.5 Å². The van der Waals surface area contributed by atoms with E-state index in [0.717, 1.165) is 29.6 Å². The summed E-state index contributed by atoms with van der Waals surface area (Å²) in [5.74, 6) is -0.464. The van der Waals surface area contributed by atoms with Crippen molar-refractivity contribution in [1.29, 1.82) is 0 Å². The minimum Gasteiger partial charge on any atom is -0.507 e. The Kier molecular flexibility index (Phi) is 5.32. The Balaban J connectivity index is 1.75. The largest absolute Gasteiger partial charge is 0.507 e. The highest BCUT2D eigenvalue weighted by Gasteiger charge is 2.31. The van der Waals surface area contributed by atoms with Gasteiger partial charge in [-0.3, -0.25) is 9.59 Å². The van der Waals surface area contributed by atoms with Crippen molar-refractivity contribution in [2.24, 2.45) is 0 Å². The number of H-pyrrole nitrogens is 2. The number of rotatable bonds is 7. The monoisotopic (exact) mass is 406 g/mol. The first-order chi connectivity index (χ1) is 14.4. The summed E-state index contributed by atoms with van der Waals surface area (Å²) < 4.78 is 0. The number of phenolic OH excluding ortho intramolecular Hbond substituents is 1. The van der Waals surface area contributed by atoms with E-state index in [1.54, 1.807) is 12.3 Å². The van der Waals surface area contributed by atoms with E-state index in [9.17, 15) is 14.7 Å². The van der Waals surface area contributed by atoms with Gasteiger partial charge < -0.3 is 25.3 Å². The molecule has 4 N–H and O–H groups in total. The van der Waals surface area contributed by atoms with Crippen LogP contribution in [0.15, 0.2) is 30.6 Å². The molecule has 2 aromatic heterocycles. The minimum atomic E-state index is -0.277. The second kappa shape index (κ2) is 7.93. The van der Waals surface area contributed by atoms with Crippen LogP contribution in [0.3, 0.4) is 0 Å². The Morgan fingerprint density at radius 1 is 1.07 bits per heavy atom. The lowest BCUT2D eigenvalue weighted by atomic mass is 9.87. The third kappa shape index (κ3) is 3.36. The van der Waals surface area contributed by atoms with E-state index in [4.69, 9.17) is 0 Å². The number of fused-ring (bicyclic) bond motifs is 2. The average Bonchev–Trinajstić information content (AvgIpc) is 3.33. The molecule has 0 atom stereocenters. The van der Waals surface area contributed by atoms with Crippen LogP contribution in [-0.2, 0) is 12.8 Å². The van der Waals surface area contributed by atoms with E-state index in [1.807, 2.05) is 33.4 Å². The highest BCUT2D eigenvalue weighted by molar-refractivity contribution is 6.39. The molecule has 0 radical (unpaired) electrons. The maximum absolute atomic E-state index is 13.2. The van der Waals surface area contributed by atoms with Crippen molar-refractivity contribution in [1.82, 2.24) is 20.2 Å². The number of carbonyl (C=O) groups excluding carboxylic acids is 2. The molecular formula is C23H26N4O3. The first kappa shape index (κ1) is 20.1. The molecule has 1 aliphatic carbocycles. The Bertz CT molecular complexity index is 1170. The summed E-state index contributed by atoms with van der Waals surface area (Å²) in [6.45, 7) is 1.54. The first-order valence-electron chi connectivity index (χ1n) is 10.0. The van der Waals surface area contributed by atoms with Crippen LogP contribution in [0.2, 0.25) is 0 Å². The second-order valence-electron chi connectivity index (χ2n) is 7.92. The van der Waals surface area contributed by atoms with E-state index >= 15 is 0 Å². The molecule has 4 rings (SSSR count). The number of nitrogens with one attached hydrogen (secondary N) is 3. The fourth-order valence-corrected chi connectivity index (χ4v) is 4.02. The number of benzene rings is 1. The van der Waals surface area contributed by atoms with Gasteiger partial charge in [0.25, 0.3) is 0 Å². The van der Waals surface area contributed by atoms with Crippen LogP contribution in [0.1, 0.15) is 37.5 Å². The molecule has 0 spiro atoms. The highest BCUT2D eigenvalue weighted by atomic mass is 16.3.